The molecule has 0 amide bonds. The number of hydrogen-bond donors (Lipinski definition) is 1. The van der Waals surface area contributed by atoms with Gasteiger partial charge in [-0.3, -0.25) is 9.80 Å². The van der Waals surface area contributed by atoms with Gasteiger partial charge in [0.15, 0.2) is 0 Å². The molecule has 1 fully saturated rings. The fourth-order valence-corrected chi connectivity index (χ4v) is 2.95. The van der Waals surface area contributed by atoms with Gasteiger partial charge in [-0.1, -0.05) is 36.4 Å². The topological polar surface area (TPSA) is 32.5 Å². The summed E-state index contributed by atoms with van der Waals surface area (Å²) in [7, 11) is 0. The number of fused-ring (bicyclic) bond motifs is 1. The highest BCUT2D eigenvalue weighted by molar-refractivity contribution is 5.82. The van der Waals surface area contributed by atoms with E-state index >= 15 is 0 Å². The van der Waals surface area contributed by atoms with Crippen molar-refractivity contribution in [2.75, 3.05) is 39.3 Å². The fourth-order valence-electron chi connectivity index (χ4n) is 2.95. The Bertz CT molecular complexity index is 559. The Labute approximate surface area is 121 Å². The molecule has 1 aliphatic heterocycles. The standard InChI is InChI=1S/C17H23N3/c18-7-8-19-9-11-20(12-10-19)14-15-5-6-16-3-1-2-4-17(16)13-15/h1-6,13H,7-12,14,18H2. The molecule has 1 aliphatic rings. The first-order chi connectivity index (χ1) is 9.85. The van der Waals surface area contributed by atoms with Gasteiger partial charge in [0, 0.05) is 45.8 Å². The van der Waals surface area contributed by atoms with Gasteiger partial charge in [-0.15, -0.1) is 0 Å². The first-order valence-electron chi connectivity index (χ1n) is 7.47. The maximum Gasteiger partial charge on any atom is 0.0235 e. The summed E-state index contributed by atoms with van der Waals surface area (Å²) in [6.45, 7) is 7.44. The quantitative estimate of drug-likeness (QED) is 0.920. The van der Waals surface area contributed by atoms with Crippen LogP contribution < -0.4 is 5.73 Å². The lowest BCUT2D eigenvalue weighted by Gasteiger charge is -2.34. The van der Waals surface area contributed by atoms with Crippen LogP contribution in [-0.4, -0.2) is 49.1 Å². The number of nitrogens with zero attached hydrogens (tertiary/aromatic N) is 2. The van der Waals surface area contributed by atoms with Gasteiger partial charge in [-0.05, 0) is 22.4 Å². The van der Waals surface area contributed by atoms with Crippen LogP contribution in [0, 0.1) is 0 Å². The lowest BCUT2D eigenvalue weighted by Crippen LogP contribution is -2.47. The van der Waals surface area contributed by atoms with Crippen molar-refractivity contribution in [3.05, 3.63) is 48.0 Å². The van der Waals surface area contributed by atoms with Gasteiger partial charge in [0.1, 0.15) is 0 Å². The van der Waals surface area contributed by atoms with Gasteiger partial charge in [-0.2, -0.15) is 0 Å². The van der Waals surface area contributed by atoms with Crippen molar-refractivity contribution in [3.63, 3.8) is 0 Å². The summed E-state index contributed by atoms with van der Waals surface area (Å²) < 4.78 is 0. The van der Waals surface area contributed by atoms with Crippen molar-refractivity contribution >= 4 is 10.8 Å². The molecule has 0 radical (unpaired) electrons. The number of piperazine rings is 1. The Morgan fingerprint density at radius 2 is 1.55 bits per heavy atom. The highest BCUT2D eigenvalue weighted by Crippen LogP contribution is 2.17. The Hall–Kier alpha value is -1.42. The van der Waals surface area contributed by atoms with Crippen LogP contribution in [0.4, 0.5) is 0 Å². The zero-order chi connectivity index (χ0) is 13.8. The SMILES string of the molecule is NCCN1CCN(Cc2ccc3ccccc3c2)CC1. The summed E-state index contributed by atoms with van der Waals surface area (Å²) in [6, 6.07) is 15.4. The van der Waals surface area contributed by atoms with E-state index in [1.807, 2.05) is 0 Å². The third kappa shape index (κ3) is 3.18. The monoisotopic (exact) mass is 269 g/mol. The molecule has 3 heteroatoms. The predicted molar refractivity (Wildman–Crippen MR) is 84.7 cm³/mol. The van der Waals surface area contributed by atoms with Gasteiger partial charge < -0.3 is 5.73 Å². The van der Waals surface area contributed by atoms with Crippen molar-refractivity contribution in [3.8, 4) is 0 Å². The molecule has 0 spiro atoms. The zero-order valence-electron chi connectivity index (χ0n) is 12.0. The average molecular weight is 269 g/mol. The minimum atomic E-state index is 0.769. The summed E-state index contributed by atoms with van der Waals surface area (Å²) in [5.74, 6) is 0. The maximum atomic E-state index is 5.62. The summed E-state index contributed by atoms with van der Waals surface area (Å²) in [4.78, 5) is 4.99. The second kappa shape index (κ2) is 6.35. The van der Waals surface area contributed by atoms with Crippen LogP contribution >= 0.6 is 0 Å². The molecule has 20 heavy (non-hydrogen) atoms. The molecule has 0 bridgehead atoms. The Kier molecular flexibility index (Phi) is 4.31. The minimum Gasteiger partial charge on any atom is -0.329 e. The second-order valence-corrected chi connectivity index (χ2v) is 5.59. The Morgan fingerprint density at radius 3 is 2.30 bits per heavy atom. The molecule has 1 heterocycles. The van der Waals surface area contributed by atoms with Crippen LogP contribution in [0.2, 0.25) is 0 Å². The molecule has 3 rings (SSSR count). The normalized spacial score (nSPS) is 17.6. The largest absolute Gasteiger partial charge is 0.329 e. The van der Waals surface area contributed by atoms with E-state index in [0.717, 1.165) is 45.8 Å². The van der Waals surface area contributed by atoms with Gasteiger partial charge in [-0.25, -0.2) is 0 Å². The van der Waals surface area contributed by atoms with Crippen LogP contribution in [0.5, 0.6) is 0 Å². The molecule has 2 N–H and O–H groups in total. The zero-order valence-corrected chi connectivity index (χ0v) is 12.0. The van der Waals surface area contributed by atoms with E-state index in [1.54, 1.807) is 0 Å². The van der Waals surface area contributed by atoms with E-state index in [1.165, 1.54) is 16.3 Å². The van der Waals surface area contributed by atoms with Gasteiger partial charge in [0.25, 0.3) is 0 Å². The molecule has 1 saturated heterocycles. The van der Waals surface area contributed by atoms with Crippen molar-refractivity contribution in [1.82, 2.24) is 9.80 Å². The predicted octanol–water partition coefficient (Wildman–Crippen LogP) is 1.92. The molecule has 0 unspecified atom stereocenters. The molecule has 3 nitrogen and oxygen atoms in total. The van der Waals surface area contributed by atoms with E-state index in [-0.39, 0.29) is 0 Å². The molecule has 0 aliphatic carbocycles. The summed E-state index contributed by atoms with van der Waals surface area (Å²) in [5, 5.41) is 2.66. The van der Waals surface area contributed by atoms with Crippen LogP contribution in [0.15, 0.2) is 42.5 Å². The molecule has 0 atom stereocenters. The van der Waals surface area contributed by atoms with Crippen molar-refractivity contribution in [2.45, 2.75) is 6.54 Å². The third-order valence-electron chi connectivity index (χ3n) is 4.13. The number of nitrogens with two attached hydrogens (primary N) is 1. The van der Waals surface area contributed by atoms with Gasteiger partial charge in [0.05, 0.1) is 0 Å². The van der Waals surface area contributed by atoms with E-state index in [0.29, 0.717) is 0 Å². The van der Waals surface area contributed by atoms with Crippen molar-refractivity contribution in [1.29, 1.82) is 0 Å². The van der Waals surface area contributed by atoms with Gasteiger partial charge >= 0.3 is 0 Å². The average Bonchev–Trinajstić information content (AvgIpc) is 2.49. The Morgan fingerprint density at radius 1 is 0.850 bits per heavy atom. The highest BCUT2D eigenvalue weighted by Gasteiger charge is 2.16. The first-order valence-corrected chi connectivity index (χ1v) is 7.47. The van der Waals surface area contributed by atoms with Gasteiger partial charge in [0.2, 0.25) is 0 Å². The van der Waals surface area contributed by atoms with Crippen molar-refractivity contribution in [2.24, 2.45) is 5.73 Å². The molecule has 2 aromatic rings. The summed E-state index contributed by atoms with van der Waals surface area (Å²) in [5.41, 5.74) is 7.03. The minimum absolute atomic E-state index is 0.769. The fraction of sp³-hybridized carbons (Fsp3) is 0.412. The van der Waals surface area contributed by atoms with E-state index in [2.05, 4.69) is 52.3 Å². The maximum absolute atomic E-state index is 5.62. The molecule has 2 aromatic carbocycles. The second-order valence-electron chi connectivity index (χ2n) is 5.59. The van der Waals surface area contributed by atoms with E-state index < -0.39 is 0 Å². The third-order valence-corrected chi connectivity index (χ3v) is 4.13. The summed E-state index contributed by atoms with van der Waals surface area (Å²) in [6.07, 6.45) is 0. The van der Waals surface area contributed by atoms with Crippen LogP contribution in [-0.2, 0) is 6.54 Å². The van der Waals surface area contributed by atoms with E-state index in [4.69, 9.17) is 5.73 Å². The smallest absolute Gasteiger partial charge is 0.0235 e. The van der Waals surface area contributed by atoms with Crippen LogP contribution in [0.25, 0.3) is 10.8 Å². The molecular weight excluding hydrogens is 246 g/mol. The molecule has 0 aromatic heterocycles. The molecule has 0 saturated carbocycles. The van der Waals surface area contributed by atoms with Crippen LogP contribution in [0.1, 0.15) is 5.56 Å². The van der Waals surface area contributed by atoms with Crippen molar-refractivity contribution < 1.29 is 0 Å². The number of hydrogen-bond acceptors (Lipinski definition) is 3. The lowest BCUT2D eigenvalue weighted by atomic mass is 10.1. The number of rotatable bonds is 4. The van der Waals surface area contributed by atoms with E-state index in [9.17, 15) is 0 Å². The first kappa shape index (κ1) is 13.6. The molecular formula is C17H23N3. The van der Waals surface area contributed by atoms with Crippen LogP contribution in [0.3, 0.4) is 0 Å². The lowest BCUT2D eigenvalue weighted by molar-refractivity contribution is 0.130. The number of benzene rings is 2. The summed E-state index contributed by atoms with van der Waals surface area (Å²) >= 11 is 0. The highest BCUT2D eigenvalue weighted by atomic mass is 15.3. The Balaban J connectivity index is 1.62. The molecule has 106 valence electrons.